The molecule has 3 aromatic rings. The lowest BCUT2D eigenvalue weighted by atomic mass is 9.78. The third-order valence-electron chi connectivity index (χ3n) is 9.21. The van der Waals surface area contributed by atoms with Crippen molar-refractivity contribution in [1.82, 2.24) is 14.8 Å². The lowest BCUT2D eigenvalue weighted by Crippen LogP contribution is -2.42. The zero-order valence-corrected chi connectivity index (χ0v) is 25.3. The van der Waals surface area contributed by atoms with Gasteiger partial charge in [0.25, 0.3) is 0 Å². The first kappa shape index (κ1) is 29.8. The first-order valence-corrected chi connectivity index (χ1v) is 15.3. The van der Waals surface area contributed by atoms with Crippen molar-refractivity contribution >= 4 is 11.7 Å². The van der Waals surface area contributed by atoms with Crippen molar-refractivity contribution in [3.8, 4) is 22.9 Å². The molecule has 0 atom stereocenters. The lowest BCUT2D eigenvalue weighted by molar-refractivity contribution is -0.124. The Labute approximate surface area is 249 Å². The van der Waals surface area contributed by atoms with Crippen molar-refractivity contribution in [2.75, 3.05) is 25.7 Å². The van der Waals surface area contributed by atoms with Gasteiger partial charge in [0.05, 0.1) is 25.0 Å². The quantitative estimate of drug-likeness (QED) is 0.278. The average Bonchev–Trinajstić information content (AvgIpc) is 3.54. The number of anilines is 1. The summed E-state index contributed by atoms with van der Waals surface area (Å²) in [6.07, 6.45) is 13.6. The number of aromatic nitrogens is 3. The van der Waals surface area contributed by atoms with Gasteiger partial charge in [0, 0.05) is 43.6 Å². The van der Waals surface area contributed by atoms with E-state index in [4.69, 9.17) is 14.5 Å². The van der Waals surface area contributed by atoms with Crippen LogP contribution in [0.5, 0.6) is 5.75 Å². The van der Waals surface area contributed by atoms with E-state index in [0.717, 1.165) is 68.3 Å². The number of pyridine rings is 1. The second kappa shape index (κ2) is 13.5. The molecular formula is C34H43N5O3. The molecule has 0 aliphatic heterocycles. The van der Waals surface area contributed by atoms with Crippen molar-refractivity contribution in [3.63, 3.8) is 0 Å². The SMILES string of the molecule is COc1ccc([C@H]2CC[C@H](CN(c3cc(-c4cnn(C(C)C)c4)ccn3)C(=O)[C@H]3CC[C@H](OC)CC3)CC2)cc1C#N. The van der Waals surface area contributed by atoms with Crippen LogP contribution >= 0.6 is 0 Å². The Balaban J connectivity index is 1.34. The number of carbonyl (C=O) groups is 1. The lowest BCUT2D eigenvalue weighted by Gasteiger charge is -2.35. The van der Waals surface area contributed by atoms with Crippen LogP contribution in [0.3, 0.4) is 0 Å². The fourth-order valence-corrected chi connectivity index (χ4v) is 6.58. The Kier molecular flexibility index (Phi) is 9.58. The molecule has 2 heterocycles. The Morgan fingerprint density at radius 2 is 1.81 bits per heavy atom. The van der Waals surface area contributed by atoms with Crippen molar-refractivity contribution < 1.29 is 14.3 Å². The van der Waals surface area contributed by atoms with E-state index in [9.17, 15) is 10.1 Å². The standard InChI is InChI=1S/C34H43N5O3/c1-23(2)39-22-30(20-37-39)28-15-16-36-33(18-28)38(34(40)26-9-12-31(41-3)13-10-26)21-24-5-7-25(8-6-24)27-11-14-32(42-4)29(17-27)19-35/h11,14-18,20,22-26,31H,5-10,12-13,21H2,1-4H3/t24-,25-,26-,31-. The van der Waals surface area contributed by atoms with Gasteiger partial charge in [-0.25, -0.2) is 4.98 Å². The van der Waals surface area contributed by atoms with Crippen LogP contribution in [-0.4, -0.2) is 47.5 Å². The number of rotatable bonds is 9. The van der Waals surface area contributed by atoms with E-state index < -0.39 is 0 Å². The topological polar surface area (TPSA) is 93.3 Å². The van der Waals surface area contributed by atoms with Crippen LogP contribution in [-0.2, 0) is 9.53 Å². The molecule has 0 bridgehead atoms. The number of methoxy groups -OCH3 is 2. The maximum Gasteiger partial charge on any atom is 0.231 e. The van der Waals surface area contributed by atoms with Gasteiger partial charge in [0.1, 0.15) is 17.6 Å². The minimum Gasteiger partial charge on any atom is -0.495 e. The van der Waals surface area contributed by atoms with Gasteiger partial charge in [-0.15, -0.1) is 0 Å². The van der Waals surface area contributed by atoms with E-state index in [-0.39, 0.29) is 24.0 Å². The number of amides is 1. The number of benzene rings is 1. The largest absolute Gasteiger partial charge is 0.495 e. The van der Waals surface area contributed by atoms with E-state index in [1.807, 2.05) is 46.2 Å². The summed E-state index contributed by atoms with van der Waals surface area (Å²) in [5.74, 6) is 2.32. The highest BCUT2D eigenvalue weighted by Crippen LogP contribution is 2.39. The Morgan fingerprint density at radius 3 is 2.45 bits per heavy atom. The summed E-state index contributed by atoms with van der Waals surface area (Å²) >= 11 is 0. The molecule has 2 aliphatic carbocycles. The summed E-state index contributed by atoms with van der Waals surface area (Å²) in [6, 6.07) is 12.6. The molecule has 222 valence electrons. The summed E-state index contributed by atoms with van der Waals surface area (Å²) in [6.45, 7) is 4.89. The van der Waals surface area contributed by atoms with Gasteiger partial charge >= 0.3 is 0 Å². The molecule has 0 radical (unpaired) electrons. The molecule has 0 spiro atoms. The molecule has 1 aromatic carbocycles. The minimum absolute atomic E-state index is 0.00871. The fraction of sp³-hybridized carbons (Fsp3) is 0.529. The molecule has 2 saturated carbocycles. The van der Waals surface area contributed by atoms with Gasteiger partial charge in [0.2, 0.25) is 5.91 Å². The van der Waals surface area contributed by atoms with Crippen LogP contribution in [0, 0.1) is 23.2 Å². The monoisotopic (exact) mass is 569 g/mol. The van der Waals surface area contributed by atoms with Crippen molar-refractivity contribution in [2.45, 2.75) is 83.3 Å². The van der Waals surface area contributed by atoms with Crippen LogP contribution in [0.2, 0.25) is 0 Å². The molecule has 1 amide bonds. The summed E-state index contributed by atoms with van der Waals surface area (Å²) in [4.78, 5) is 20.8. The van der Waals surface area contributed by atoms with Gasteiger partial charge in [-0.2, -0.15) is 10.4 Å². The third-order valence-corrected chi connectivity index (χ3v) is 9.21. The summed E-state index contributed by atoms with van der Waals surface area (Å²) in [5, 5.41) is 14.1. The van der Waals surface area contributed by atoms with Gasteiger partial charge in [-0.1, -0.05) is 6.07 Å². The van der Waals surface area contributed by atoms with Crippen LogP contribution in [0.1, 0.15) is 88.3 Å². The van der Waals surface area contributed by atoms with Crippen molar-refractivity contribution in [2.24, 2.45) is 11.8 Å². The van der Waals surface area contributed by atoms with Gasteiger partial charge in [-0.3, -0.25) is 14.4 Å². The van der Waals surface area contributed by atoms with Crippen LogP contribution < -0.4 is 9.64 Å². The third kappa shape index (κ3) is 6.68. The fourth-order valence-electron chi connectivity index (χ4n) is 6.58. The summed E-state index contributed by atoms with van der Waals surface area (Å²) in [7, 11) is 3.36. The predicted octanol–water partition coefficient (Wildman–Crippen LogP) is 6.92. The zero-order valence-electron chi connectivity index (χ0n) is 25.3. The van der Waals surface area contributed by atoms with Gasteiger partial charge < -0.3 is 9.47 Å². The van der Waals surface area contributed by atoms with E-state index in [1.54, 1.807) is 14.2 Å². The van der Waals surface area contributed by atoms with E-state index in [1.165, 1.54) is 5.56 Å². The number of nitrogens with zero attached hydrogens (tertiary/aromatic N) is 5. The Morgan fingerprint density at radius 1 is 1.05 bits per heavy atom. The maximum absolute atomic E-state index is 14.1. The normalized spacial score (nSPS) is 22.5. The Bertz CT molecular complexity index is 1390. The van der Waals surface area contributed by atoms with Crippen LogP contribution in [0.25, 0.3) is 11.1 Å². The molecular weight excluding hydrogens is 526 g/mol. The van der Waals surface area contributed by atoms with Gasteiger partial charge in [0.15, 0.2) is 0 Å². The highest BCUT2D eigenvalue weighted by atomic mass is 16.5. The first-order valence-electron chi connectivity index (χ1n) is 15.3. The maximum atomic E-state index is 14.1. The first-order chi connectivity index (χ1) is 20.4. The number of hydrogen-bond acceptors (Lipinski definition) is 6. The van der Waals surface area contributed by atoms with Gasteiger partial charge in [-0.05, 0) is 112 Å². The molecule has 2 fully saturated rings. The predicted molar refractivity (Wildman–Crippen MR) is 163 cm³/mol. The molecule has 0 N–H and O–H groups in total. The second-order valence-electron chi connectivity index (χ2n) is 12.2. The molecule has 0 unspecified atom stereocenters. The number of nitriles is 1. The number of hydrogen-bond donors (Lipinski definition) is 0. The number of ether oxygens (including phenoxy) is 2. The molecule has 8 heteroatoms. The van der Waals surface area contributed by atoms with E-state index in [2.05, 4.69) is 37.3 Å². The van der Waals surface area contributed by atoms with E-state index in [0.29, 0.717) is 29.7 Å². The molecule has 0 saturated heterocycles. The highest BCUT2D eigenvalue weighted by molar-refractivity contribution is 5.94. The second-order valence-corrected chi connectivity index (χ2v) is 12.2. The van der Waals surface area contributed by atoms with Crippen LogP contribution in [0.4, 0.5) is 5.82 Å². The molecule has 2 aliphatic rings. The molecule has 8 nitrogen and oxygen atoms in total. The van der Waals surface area contributed by atoms with Crippen molar-refractivity contribution in [1.29, 1.82) is 5.26 Å². The smallest absolute Gasteiger partial charge is 0.231 e. The molecule has 5 rings (SSSR count). The number of carbonyl (C=O) groups excluding carboxylic acids is 1. The zero-order chi connectivity index (χ0) is 29.6. The van der Waals surface area contributed by atoms with E-state index >= 15 is 0 Å². The summed E-state index contributed by atoms with van der Waals surface area (Å²) < 4.78 is 12.9. The summed E-state index contributed by atoms with van der Waals surface area (Å²) in [5.41, 5.74) is 3.83. The Hall–Kier alpha value is -3.70. The van der Waals surface area contributed by atoms with Crippen molar-refractivity contribution in [3.05, 3.63) is 60.0 Å². The average molecular weight is 570 g/mol. The highest BCUT2D eigenvalue weighted by Gasteiger charge is 2.33. The van der Waals surface area contributed by atoms with Crippen LogP contribution in [0.15, 0.2) is 48.9 Å². The minimum atomic E-state index is -0.00871. The molecule has 2 aromatic heterocycles. The molecule has 42 heavy (non-hydrogen) atoms.